The lowest BCUT2D eigenvalue weighted by Crippen LogP contribution is -2.23. The molecule has 3 nitrogen and oxygen atoms in total. The highest BCUT2D eigenvalue weighted by Gasteiger charge is 2.25. The van der Waals surface area contributed by atoms with E-state index in [1.54, 1.807) is 0 Å². The molecule has 0 bridgehead atoms. The van der Waals surface area contributed by atoms with Crippen molar-refractivity contribution in [1.29, 1.82) is 0 Å². The Hall–Kier alpha value is -1.29. The standard InChI is InChI=1S/C11H12N2OS/c1-8-10(14)13-11(15-8)12-7-9-5-3-2-4-6-9/h2-6,8H,7H2,1H3,(H,12,13,14). The third kappa shape index (κ3) is 2.59. The lowest BCUT2D eigenvalue weighted by Gasteiger charge is -1.97. The molecule has 1 aromatic rings. The van der Waals surface area contributed by atoms with E-state index in [1.165, 1.54) is 11.8 Å². The maximum Gasteiger partial charge on any atom is 0.239 e. The fraction of sp³-hybridized carbons (Fsp3) is 0.273. The van der Waals surface area contributed by atoms with E-state index in [2.05, 4.69) is 10.3 Å². The van der Waals surface area contributed by atoms with Gasteiger partial charge < -0.3 is 5.32 Å². The fourth-order valence-electron chi connectivity index (χ4n) is 1.28. The van der Waals surface area contributed by atoms with Gasteiger partial charge in [0.2, 0.25) is 5.91 Å². The molecule has 78 valence electrons. The Balaban J connectivity index is 1.99. The van der Waals surface area contributed by atoms with Crippen LogP contribution in [0.4, 0.5) is 0 Å². The van der Waals surface area contributed by atoms with Crippen LogP contribution < -0.4 is 5.32 Å². The molecule has 1 amide bonds. The van der Waals surface area contributed by atoms with Crippen molar-refractivity contribution in [1.82, 2.24) is 5.32 Å². The van der Waals surface area contributed by atoms with Gasteiger partial charge in [0.15, 0.2) is 5.17 Å². The van der Waals surface area contributed by atoms with Gasteiger partial charge in [0.1, 0.15) is 0 Å². The molecule has 1 saturated heterocycles. The van der Waals surface area contributed by atoms with E-state index in [-0.39, 0.29) is 11.2 Å². The van der Waals surface area contributed by atoms with Crippen molar-refractivity contribution in [2.24, 2.45) is 4.99 Å². The van der Waals surface area contributed by atoms with Crippen molar-refractivity contribution < 1.29 is 4.79 Å². The third-order valence-electron chi connectivity index (χ3n) is 2.14. The summed E-state index contributed by atoms with van der Waals surface area (Å²) in [5.41, 5.74) is 1.15. The van der Waals surface area contributed by atoms with Crippen LogP contribution in [0, 0.1) is 0 Å². The molecule has 0 aromatic heterocycles. The Morgan fingerprint density at radius 2 is 2.13 bits per heavy atom. The van der Waals surface area contributed by atoms with E-state index in [9.17, 15) is 4.79 Å². The molecular formula is C11H12N2OS. The van der Waals surface area contributed by atoms with Crippen molar-refractivity contribution >= 4 is 22.8 Å². The summed E-state index contributed by atoms with van der Waals surface area (Å²) in [4.78, 5) is 15.5. The van der Waals surface area contributed by atoms with Crippen molar-refractivity contribution in [3.05, 3.63) is 35.9 Å². The smallest absolute Gasteiger partial charge is 0.239 e. The average molecular weight is 220 g/mol. The Labute approximate surface area is 93.0 Å². The van der Waals surface area contributed by atoms with Gasteiger partial charge in [-0.3, -0.25) is 9.79 Å². The number of benzene rings is 1. The van der Waals surface area contributed by atoms with Gasteiger partial charge in [0, 0.05) is 0 Å². The van der Waals surface area contributed by atoms with Crippen LogP contribution in [0.15, 0.2) is 35.3 Å². The monoisotopic (exact) mass is 220 g/mol. The van der Waals surface area contributed by atoms with Crippen LogP contribution >= 0.6 is 11.8 Å². The first-order valence-electron chi connectivity index (χ1n) is 4.81. The molecule has 0 spiro atoms. The van der Waals surface area contributed by atoms with Crippen LogP contribution in [0.3, 0.4) is 0 Å². The minimum Gasteiger partial charge on any atom is -0.304 e. The number of nitrogens with zero attached hydrogens (tertiary/aromatic N) is 1. The predicted octanol–water partition coefficient (Wildman–Crippen LogP) is 1.79. The Morgan fingerprint density at radius 3 is 2.73 bits per heavy atom. The molecule has 1 N–H and O–H groups in total. The van der Waals surface area contributed by atoms with Gasteiger partial charge in [0.05, 0.1) is 11.8 Å². The summed E-state index contributed by atoms with van der Waals surface area (Å²) in [6, 6.07) is 9.99. The SMILES string of the molecule is CC1SC(=NCc2ccccc2)NC1=O. The number of nitrogens with one attached hydrogen (secondary N) is 1. The summed E-state index contributed by atoms with van der Waals surface area (Å²) in [5.74, 6) is 0.0480. The largest absolute Gasteiger partial charge is 0.304 e. The van der Waals surface area contributed by atoms with Crippen molar-refractivity contribution in [2.45, 2.75) is 18.7 Å². The number of aliphatic imine (C=N–C) groups is 1. The summed E-state index contributed by atoms with van der Waals surface area (Å²) in [5, 5.41) is 3.47. The first-order valence-corrected chi connectivity index (χ1v) is 5.69. The van der Waals surface area contributed by atoms with Crippen LogP contribution in [-0.4, -0.2) is 16.3 Å². The molecule has 15 heavy (non-hydrogen) atoms. The number of carbonyl (C=O) groups excluding carboxylic acids is 1. The van der Waals surface area contributed by atoms with E-state index in [0.29, 0.717) is 6.54 Å². The second kappa shape index (κ2) is 4.49. The van der Waals surface area contributed by atoms with Crippen molar-refractivity contribution in [3.8, 4) is 0 Å². The lowest BCUT2D eigenvalue weighted by atomic mass is 10.2. The highest BCUT2D eigenvalue weighted by atomic mass is 32.2. The molecule has 2 rings (SSSR count). The molecular weight excluding hydrogens is 208 g/mol. The Bertz CT molecular complexity index is 389. The number of hydrogen-bond donors (Lipinski definition) is 1. The van der Waals surface area contributed by atoms with Crippen LogP contribution in [0.1, 0.15) is 12.5 Å². The van der Waals surface area contributed by atoms with Gasteiger partial charge in [0.25, 0.3) is 0 Å². The van der Waals surface area contributed by atoms with Crippen LogP contribution in [0.2, 0.25) is 0 Å². The minimum atomic E-state index is -0.0143. The highest BCUT2D eigenvalue weighted by molar-refractivity contribution is 8.15. The molecule has 1 heterocycles. The van der Waals surface area contributed by atoms with E-state index >= 15 is 0 Å². The van der Waals surface area contributed by atoms with Gasteiger partial charge in [-0.2, -0.15) is 0 Å². The number of hydrogen-bond acceptors (Lipinski definition) is 3. The molecule has 1 fully saturated rings. The van der Waals surface area contributed by atoms with E-state index in [0.717, 1.165) is 10.7 Å². The fourth-order valence-corrected chi connectivity index (χ4v) is 2.08. The first-order chi connectivity index (χ1) is 7.25. The minimum absolute atomic E-state index is 0.0143. The lowest BCUT2D eigenvalue weighted by molar-refractivity contribution is -0.118. The van der Waals surface area contributed by atoms with Gasteiger partial charge in [-0.1, -0.05) is 42.1 Å². The van der Waals surface area contributed by atoms with Crippen LogP contribution in [0.25, 0.3) is 0 Å². The third-order valence-corrected chi connectivity index (χ3v) is 3.16. The first kappa shape index (κ1) is 10.2. The van der Waals surface area contributed by atoms with Gasteiger partial charge in [-0.05, 0) is 12.5 Å². The molecule has 1 aliphatic rings. The molecule has 1 aromatic carbocycles. The zero-order valence-corrected chi connectivity index (χ0v) is 9.25. The maximum absolute atomic E-state index is 11.2. The van der Waals surface area contributed by atoms with Crippen molar-refractivity contribution in [3.63, 3.8) is 0 Å². The quantitative estimate of drug-likeness (QED) is 0.825. The summed E-state index contributed by atoms with van der Waals surface area (Å²) in [6.45, 7) is 2.50. The molecule has 1 aliphatic heterocycles. The van der Waals surface area contributed by atoms with E-state index in [4.69, 9.17) is 0 Å². The van der Waals surface area contributed by atoms with Gasteiger partial charge in [-0.15, -0.1) is 0 Å². The van der Waals surface area contributed by atoms with Crippen LogP contribution in [-0.2, 0) is 11.3 Å². The zero-order valence-electron chi connectivity index (χ0n) is 8.43. The molecule has 1 atom stereocenters. The summed E-state index contributed by atoms with van der Waals surface area (Å²) in [7, 11) is 0. The van der Waals surface area contributed by atoms with Gasteiger partial charge >= 0.3 is 0 Å². The Kier molecular flexibility index (Phi) is 3.06. The van der Waals surface area contributed by atoms with Crippen LogP contribution in [0.5, 0.6) is 0 Å². The maximum atomic E-state index is 11.2. The number of thioether (sulfide) groups is 1. The normalized spacial score (nSPS) is 23.1. The van der Waals surface area contributed by atoms with E-state index in [1.807, 2.05) is 37.3 Å². The molecule has 0 radical (unpaired) electrons. The second-order valence-electron chi connectivity index (χ2n) is 3.36. The second-order valence-corrected chi connectivity index (χ2v) is 4.69. The number of carbonyl (C=O) groups is 1. The number of amidine groups is 1. The number of rotatable bonds is 2. The predicted molar refractivity (Wildman–Crippen MR) is 62.8 cm³/mol. The molecule has 4 heteroatoms. The summed E-state index contributed by atoms with van der Waals surface area (Å²) in [6.07, 6.45) is 0. The van der Waals surface area contributed by atoms with Gasteiger partial charge in [-0.25, -0.2) is 0 Å². The topological polar surface area (TPSA) is 41.5 Å². The molecule has 0 saturated carbocycles. The molecule has 0 aliphatic carbocycles. The Morgan fingerprint density at radius 1 is 1.40 bits per heavy atom. The summed E-state index contributed by atoms with van der Waals surface area (Å²) < 4.78 is 0. The zero-order chi connectivity index (χ0) is 10.7. The van der Waals surface area contributed by atoms with Crippen molar-refractivity contribution in [2.75, 3.05) is 0 Å². The highest BCUT2D eigenvalue weighted by Crippen LogP contribution is 2.18. The van der Waals surface area contributed by atoms with E-state index < -0.39 is 0 Å². The molecule has 1 unspecified atom stereocenters. The summed E-state index contributed by atoms with van der Waals surface area (Å²) >= 11 is 1.48. The average Bonchev–Trinajstić information content (AvgIpc) is 2.57. The number of amides is 1.